The standard InChI is InChI=1S/C18H24ClN3O3/c19-15-3-1-2-14(12-15)17(23)21-6-8-22(9-7-21)18(24)16(20)13-4-10-25-11-5-13/h1-3,12-13,16H,4-11,20H2. The minimum Gasteiger partial charge on any atom is -0.381 e. The number of ether oxygens (including phenoxy) is 1. The number of benzene rings is 1. The molecule has 6 nitrogen and oxygen atoms in total. The molecular formula is C18H24ClN3O3. The Labute approximate surface area is 152 Å². The molecule has 25 heavy (non-hydrogen) atoms. The molecule has 2 amide bonds. The van der Waals surface area contributed by atoms with Crippen LogP contribution in [0.15, 0.2) is 24.3 Å². The van der Waals surface area contributed by atoms with Crippen molar-refractivity contribution in [3.05, 3.63) is 34.9 Å². The van der Waals surface area contributed by atoms with Crippen LogP contribution in [0.4, 0.5) is 0 Å². The van der Waals surface area contributed by atoms with Crippen LogP contribution in [0.2, 0.25) is 5.02 Å². The third-order valence-electron chi connectivity index (χ3n) is 5.01. The van der Waals surface area contributed by atoms with Crippen molar-refractivity contribution >= 4 is 23.4 Å². The fourth-order valence-electron chi connectivity index (χ4n) is 3.42. The lowest BCUT2D eigenvalue weighted by Gasteiger charge is -2.37. The maximum Gasteiger partial charge on any atom is 0.254 e. The van der Waals surface area contributed by atoms with Crippen LogP contribution in [0.1, 0.15) is 23.2 Å². The molecule has 0 radical (unpaired) electrons. The largest absolute Gasteiger partial charge is 0.381 e. The number of rotatable bonds is 3. The normalized spacial score (nSPS) is 20.4. The summed E-state index contributed by atoms with van der Waals surface area (Å²) >= 11 is 5.95. The molecule has 7 heteroatoms. The van der Waals surface area contributed by atoms with E-state index in [1.807, 2.05) is 0 Å². The highest BCUT2D eigenvalue weighted by Gasteiger charge is 2.32. The van der Waals surface area contributed by atoms with Crippen LogP contribution in [-0.4, -0.2) is 67.0 Å². The molecule has 136 valence electrons. The van der Waals surface area contributed by atoms with Crippen LogP contribution in [0.5, 0.6) is 0 Å². The van der Waals surface area contributed by atoms with Gasteiger partial charge in [-0.25, -0.2) is 0 Å². The Morgan fingerprint density at radius 3 is 2.40 bits per heavy atom. The van der Waals surface area contributed by atoms with Crippen molar-refractivity contribution in [3.8, 4) is 0 Å². The number of nitrogens with zero attached hydrogens (tertiary/aromatic N) is 2. The van der Waals surface area contributed by atoms with E-state index in [4.69, 9.17) is 22.1 Å². The first-order valence-corrected chi connectivity index (χ1v) is 9.11. The van der Waals surface area contributed by atoms with Gasteiger partial charge in [-0.2, -0.15) is 0 Å². The Morgan fingerprint density at radius 2 is 1.76 bits per heavy atom. The Morgan fingerprint density at radius 1 is 1.12 bits per heavy atom. The van der Waals surface area contributed by atoms with Gasteiger partial charge in [0.1, 0.15) is 0 Å². The van der Waals surface area contributed by atoms with Gasteiger partial charge in [-0.15, -0.1) is 0 Å². The molecule has 0 bridgehead atoms. The highest BCUT2D eigenvalue weighted by Crippen LogP contribution is 2.20. The molecule has 1 unspecified atom stereocenters. The van der Waals surface area contributed by atoms with Gasteiger partial charge in [-0.3, -0.25) is 9.59 Å². The lowest BCUT2D eigenvalue weighted by molar-refractivity contribution is -0.136. The van der Waals surface area contributed by atoms with Gasteiger partial charge in [0, 0.05) is 50.0 Å². The number of amides is 2. The first kappa shape index (κ1) is 18.2. The highest BCUT2D eigenvalue weighted by molar-refractivity contribution is 6.30. The average Bonchev–Trinajstić information content (AvgIpc) is 2.67. The van der Waals surface area contributed by atoms with Gasteiger partial charge in [-0.05, 0) is 37.0 Å². The zero-order valence-electron chi connectivity index (χ0n) is 14.2. The Kier molecular flexibility index (Phi) is 5.93. The van der Waals surface area contributed by atoms with Gasteiger partial charge < -0.3 is 20.3 Å². The Hall–Kier alpha value is -1.63. The maximum atomic E-state index is 12.6. The third-order valence-corrected chi connectivity index (χ3v) is 5.24. The Balaban J connectivity index is 1.54. The van der Waals surface area contributed by atoms with E-state index in [9.17, 15) is 9.59 Å². The van der Waals surface area contributed by atoms with Crippen molar-refractivity contribution < 1.29 is 14.3 Å². The number of hydrogen-bond donors (Lipinski definition) is 1. The van der Waals surface area contributed by atoms with Gasteiger partial charge >= 0.3 is 0 Å². The molecule has 2 aliphatic rings. The smallest absolute Gasteiger partial charge is 0.254 e. The lowest BCUT2D eigenvalue weighted by Crippen LogP contribution is -2.56. The molecule has 2 heterocycles. The van der Waals surface area contributed by atoms with E-state index in [2.05, 4.69) is 0 Å². The summed E-state index contributed by atoms with van der Waals surface area (Å²) in [5.74, 6) is 0.123. The molecule has 2 fully saturated rings. The van der Waals surface area contributed by atoms with Gasteiger partial charge in [0.15, 0.2) is 0 Å². The third kappa shape index (κ3) is 4.32. The molecule has 1 aromatic carbocycles. The second kappa shape index (κ2) is 8.17. The number of hydrogen-bond acceptors (Lipinski definition) is 4. The molecule has 0 spiro atoms. The van der Waals surface area contributed by atoms with E-state index in [1.54, 1.807) is 34.1 Å². The summed E-state index contributed by atoms with van der Waals surface area (Å²) < 4.78 is 5.33. The molecule has 0 aromatic heterocycles. The first-order valence-electron chi connectivity index (χ1n) is 8.73. The maximum absolute atomic E-state index is 12.6. The second-order valence-electron chi connectivity index (χ2n) is 6.60. The van der Waals surface area contributed by atoms with Crippen LogP contribution in [0, 0.1) is 5.92 Å². The topological polar surface area (TPSA) is 75.9 Å². The predicted molar refractivity (Wildman–Crippen MR) is 95.5 cm³/mol. The molecule has 1 aromatic rings. The van der Waals surface area contributed by atoms with E-state index in [0.717, 1.165) is 12.8 Å². The summed E-state index contributed by atoms with van der Waals surface area (Å²) in [7, 11) is 0. The summed E-state index contributed by atoms with van der Waals surface area (Å²) in [6.45, 7) is 3.40. The summed E-state index contributed by atoms with van der Waals surface area (Å²) in [6.07, 6.45) is 1.67. The van der Waals surface area contributed by atoms with Crippen molar-refractivity contribution in [1.82, 2.24) is 9.80 Å². The fourth-order valence-corrected chi connectivity index (χ4v) is 3.61. The van der Waals surface area contributed by atoms with Gasteiger partial charge in [0.05, 0.1) is 6.04 Å². The number of piperazine rings is 1. The number of carbonyl (C=O) groups excluding carboxylic acids is 2. The zero-order chi connectivity index (χ0) is 17.8. The number of halogens is 1. The number of nitrogens with two attached hydrogens (primary N) is 1. The minimum absolute atomic E-state index is 0.0123. The Bertz CT molecular complexity index is 626. The van der Waals surface area contributed by atoms with Gasteiger partial charge in [0.25, 0.3) is 5.91 Å². The molecule has 3 rings (SSSR count). The second-order valence-corrected chi connectivity index (χ2v) is 7.04. The molecule has 0 aliphatic carbocycles. The van der Waals surface area contributed by atoms with E-state index in [-0.39, 0.29) is 17.7 Å². The van der Waals surface area contributed by atoms with Crippen molar-refractivity contribution in [1.29, 1.82) is 0 Å². The molecule has 2 saturated heterocycles. The van der Waals surface area contributed by atoms with Crippen LogP contribution in [-0.2, 0) is 9.53 Å². The summed E-state index contributed by atoms with van der Waals surface area (Å²) in [5.41, 5.74) is 6.76. The van der Waals surface area contributed by atoms with Crippen molar-refractivity contribution in [2.75, 3.05) is 39.4 Å². The molecule has 0 saturated carbocycles. The van der Waals surface area contributed by atoms with E-state index in [1.165, 1.54) is 0 Å². The van der Waals surface area contributed by atoms with Crippen molar-refractivity contribution in [2.24, 2.45) is 11.7 Å². The van der Waals surface area contributed by atoms with E-state index in [0.29, 0.717) is 50.0 Å². The van der Waals surface area contributed by atoms with Crippen LogP contribution in [0.3, 0.4) is 0 Å². The SMILES string of the molecule is NC(C(=O)N1CCN(C(=O)c2cccc(Cl)c2)CC1)C1CCOCC1. The highest BCUT2D eigenvalue weighted by atomic mass is 35.5. The predicted octanol–water partition coefficient (Wildman–Crippen LogP) is 1.38. The van der Waals surface area contributed by atoms with Crippen LogP contribution < -0.4 is 5.73 Å². The van der Waals surface area contributed by atoms with Gasteiger partial charge in [0.2, 0.25) is 5.91 Å². The van der Waals surface area contributed by atoms with E-state index < -0.39 is 6.04 Å². The summed E-state index contributed by atoms with van der Waals surface area (Å²) in [6, 6.07) is 6.46. The summed E-state index contributed by atoms with van der Waals surface area (Å²) in [4.78, 5) is 28.7. The van der Waals surface area contributed by atoms with E-state index >= 15 is 0 Å². The fraction of sp³-hybridized carbons (Fsp3) is 0.556. The zero-order valence-corrected chi connectivity index (χ0v) is 15.0. The van der Waals surface area contributed by atoms with Gasteiger partial charge in [-0.1, -0.05) is 17.7 Å². The molecule has 2 aliphatic heterocycles. The van der Waals surface area contributed by atoms with Crippen molar-refractivity contribution in [2.45, 2.75) is 18.9 Å². The first-order chi connectivity index (χ1) is 12.1. The number of carbonyl (C=O) groups is 2. The molecule has 1 atom stereocenters. The average molecular weight is 366 g/mol. The minimum atomic E-state index is -0.473. The molecule has 2 N–H and O–H groups in total. The van der Waals surface area contributed by atoms with Crippen LogP contribution >= 0.6 is 11.6 Å². The monoisotopic (exact) mass is 365 g/mol. The molecular weight excluding hydrogens is 342 g/mol. The van der Waals surface area contributed by atoms with Crippen LogP contribution in [0.25, 0.3) is 0 Å². The lowest BCUT2D eigenvalue weighted by atomic mass is 9.91. The van der Waals surface area contributed by atoms with Crippen molar-refractivity contribution in [3.63, 3.8) is 0 Å². The quantitative estimate of drug-likeness (QED) is 0.878. The summed E-state index contributed by atoms with van der Waals surface area (Å²) in [5, 5.41) is 0.544.